The van der Waals surface area contributed by atoms with Gasteiger partial charge in [-0.05, 0) is 30.4 Å². The van der Waals surface area contributed by atoms with Crippen molar-refractivity contribution in [2.24, 2.45) is 0 Å². The van der Waals surface area contributed by atoms with E-state index in [1.165, 1.54) is 16.8 Å². The Kier molecular flexibility index (Phi) is 7.01. The van der Waals surface area contributed by atoms with Gasteiger partial charge in [0.15, 0.2) is 0 Å². The van der Waals surface area contributed by atoms with Gasteiger partial charge in [-0.1, -0.05) is 39.0 Å². The average Bonchev–Trinajstić information content (AvgIpc) is 2.45. The van der Waals surface area contributed by atoms with Crippen molar-refractivity contribution in [1.29, 1.82) is 0 Å². The number of amides is 1. The number of carbonyl (C=O) groups excluding carboxylic acids is 1. The first-order valence-corrected chi connectivity index (χ1v) is 7.34. The minimum atomic E-state index is 0.126. The lowest BCUT2D eigenvalue weighted by Gasteiger charge is -2.15. The molecule has 1 rings (SSSR count). The molecule has 3 nitrogen and oxygen atoms in total. The maximum absolute atomic E-state index is 11.5. The van der Waals surface area contributed by atoms with Crippen LogP contribution in [0.5, 0.6) is 0 Å². The highest BCUT2D eigenvalue weighted by atomic mass is 16.1. The summed E-state index contributed by atoms with van der Waals surface area (Å²) in [5.74, 6) is 0.126. The smallest absolute Gasteiger partial charge is 0.221 e. The zero-order valence-corrected chi connectivity index (χ0v) is 12.4. The zero-order valence-electron chi connectivity index (χ0n) is 12.4. The van der Waals surface area contributed by atoms with E-state index in [2.05, 4.69) is 49.6 Å². The van der Waals surface area contributed by atoms with Crippen LogP contribution in [0.3, 0.4) is 0 Å². The summed E-state index contributed by atoms with van der Waals surface area (Å²) < 4.78 is 0. The van der Waals surface area contributed by atoms with E-state index in [-0.39, 0.29) is 5.91 Å². The highest BCUT2D eigenvalue weighted by molar-refractivity contribution is 5.76. The van der Waals surface area contributed by atoms with Crippen LogP contribution in [0.25, 0.3) is 0 Å². The first kappa shape index (κ1) is 15.5. The van der Waals surface area contributed by atoms with Crippen molar-refractivity contribution in [3.8, 4) is 0 Å². The number of hydrogen-bond acceptors (Lipinski definition) is 2. The highest BCUT2D eigenvalue weighted by Crippen LogP contribution is 2.22. The third-order valence-corrected chi connectivity index (χ3v) is 3.22. The Morgan fingerprint density at radius 2 is 1.68 bits per heavy atom. The molecule has 0 bridgehead atoms. The van der Waals surface area contributed by atoms with E-state index in [1.807, 2.05) is 0 Å². The molecule has 1 aromatic rings. The van der Waals surface area contributed by atoms with Gasteiger partial charge in [-0.3, -0.25) is 4.79 Å². The van der Waals surface area contributed by atoms with E-state index in [9.17, 15) is 4.79 Å². The topological polar surface area (TPSA) is 41.1 Å². The molecular formula is C16H26N2O. The molecule has 0 saturated heterocycles. The number of nitrogens with one attached hydrogen (secondary N) is 2. The number of benzene rings is 1. The van der Waals surface area contributed by atoms with E-state index in [4.69, 9.17) is 0 Å². The molecule has 0 radical (unpaired) electrons. The number of aryl methyl sites for hydroxylation is 2. The lowest BCUT2D eigenvalue weighted by molar-refractivity contribution is -0.120. The largest absolute Gasteiger partial charge is 0.384 e. The second-order valence-electron chi connectivity index (χ2n) is 4.69. The molecule has 0 aliphatic carbocycles. The molecule has 0 aromatic heterocycles. The van der Waals surface area contributed by atoms with Crippen LogP contribution >= 0.6 is 0 Å². The number of hydrogen-bond donors (Lipinski definition) is 2. The third-order valence-electron chi connectivity index (χ3n) is 3.22. The Bertz CT molecular complexity index is 379. The lowest BCUT2D eigenvalue weighted by atomic mass is 10.0. The first-order chi connectivity index (χ1) is 9.22. The molecule has 0 heterocycles. The summed E-state index contributed by atoms with van der Waals surface area (Å²) in [6.07, 6.45) is 3.54. The van der Waals surface area contributed by atoms with Gasteiger partial charge in [-0.2, -0.15) is 0 Å². The van der Waals surface area contributed by atoms with Gasteiger partial charge < -0.3 is 10.6 Å². The Balaban J connectivity index is 2.54. The van der Waals surface area contributed by atoms with Gasteiger partial charge in [0.2, 0.25) is 5.91 Å². The Hall–Kier alpha value is -1.51. The number of rotatable bonds is 8. The van der Waals surface area contributed by atoms with E-state index in [0.29, 0.717) is 13.0 Å². The summed E-state index contributed by atoms with van der Waals surface area (Å²) in [4.78, 5) is 11.5. The molecule has 2 N–H and O–H groups in total. The maximum atomic E-state index is 11.5. The summed E-state index contributed by atoms with van der Waals surface area (Å²) in [5, 5.41) is 6.33. The Morgan fingerprint density at radius 3 is 2.21 bits per heavy atom. The van der Waals surface area contributed by atoms with Crippen LogP contribution < -0.4 is 10.6 Å². The van der Waals surface area contributed by atoms with Gasteiger partial charge in [-0.15, -0.1) is 0 Å². The van der Waals surface area contributed by atoms with Crippen molar-refractivity contribution in [3.05, 3.63) is 29.3 Å². The second kappa shape index (κ2) is 8.57. The molecule has 0 spiro atoms. The zero-order chi connectivity index (χ0) is 14.1. The summed E-state index contributed by atoms with van der Waals surface area (Å²) in [7, 11) is 0. The van der Waals surface area contributed by atoms with Gasteiger partial charge in [0.25, 0.3) is 0 Å². The van der Waals surface area contributed by atoms with E-state index in [1.54, 1.807) is 0 Å². The van der Waals surface area contributed by atoms with Crippen molar-refractivity contribution in [3.63, 3.8) is 0 Å². The normalized spacial score (nSPS) is 10.3. The summed E-state index contributed by atoms with van der Waals surface area (Å²) in [6.45, 7) is 7.84. The van der Waals surface area contributed by atoms with Crippen molar-refractivity contribution >= 4 is 11.6 Å². The molecule has 0 atom stereocenters. The minimum absolute atomic E-state index is 0.126. The Labute approximate surface area is 116 Å². The highest BCUT2D eigenvalue weighted by Gasteiger charge is 2.06. The maximum Gasteiger partial charge on any atom is 0.221 e. The van der Waals surface area contributed by atoms with Gasteiger partial charge in [0, 0.05) is 25.2 Å². The van der Waals surface area contributed by atoms with Crippen molar-refractivity contribution < 1.29 is 4.79 Å². The average molecular weight is 262 g/mol. The van der Waals surface area contributed by atoms with Crippen LogP contribution in [0, 0.1) is 0 Å². The van der Waals surface area contributed by atoms with Crippen LogP contribution in [0.2, 0.25) is 0 Å². The predicted octanol–water partition coefficient (Wildman–Crippen LogP) is 3.14. The molecule has 0 aliphatic heterocycles. The molecule has 19 heavy (non-hydrogen) atoms. The van der Waals surface area contributed by atoms with E-state index >= 15 is 0 Å². The molecule has 1 amide bonds. The van der Waals surface area contributed by atoms with Gasteiger partial charge in [-0.25, -0.2) is 0 Å². The van der Waals surface area contributed by atoms with Crippen LogP contribution in [-0.4, -0.2) is 19.0 Å². The van der Waals surface area contributed by atoms with E-state index in [0.717, 1.165) is 25.8 Å². The predicted molar refractivity (Wildman–Crippen MR) is 81.6 cm³/mol. The molecule has 0 aliphatic rings. The fraction of sp³-hybridized carbons (Fsp3) is 0.562. The van der Waals surface area contributed by atoms with E-state index < -0.39 is 0 Å². The van der Waals surface area contributed by atoms with Gasteiger partial charge in [0.1, 0.15) is 0 Å². The number of carbonyl (C=O) groups is 1. The van der Waals surface area contributed by atoms with Crippen LogP contribution in [0.1, 0.15) is 44.7 Å². The fourth-order valence-corrected chi connectivity index (χ4v) is 2.12. The fourth-order valence-electron chi connectivity index (χ4n) is 2.12. The summed E-state index contributed by atoms with van der Waals surface area (Å²) in [5.41, 5.74) is 3.87. The summed E-state index contributed by atoms with van der Waals surface area (Å²) >= 11 is 0. The quantitative estimate of drug-likeness (QED) is 0.755. The van der Waals surface area contributed by atoms with Gasteiger partial charge >= 0.3 is 0 Å². The van der Waals surface area contributed by atoms with Crippen LogP contribution in [0.4, 0.5) is 5.69 Å². The van der Waals surface area contributed by atoms with Crippen LogP contribution in [-0.2, 0) is 17.6 Å². The standard InChI is InChI=1S/C16H26N2O/c1-4-11-17-15(19)10-12-18-16-13(5-2)8-7-9-14(16)6-3/h7-9,18H,4-6,10-12H2,1-3H3,(H,17,19). The van der Waals surface area contributed by atoms with Crippen LogP contribution in [0.15, 0.2) is 18.2 Å². The van der Waals surface area contributed by atoms with Gasteiger partial charge in [0.05, 0.1) is 0 Å². The molecule has 0 unspecified atom stereocenters. The molecule has 0 saturated carbocycles. The van der Waals surface area contributed by atoms with Crippen molar-refractivity contribution in [2.75, 3.05) is 18.4 Å². The second-order valence-corrected chi connectivity index (χ2v) is 4.69. The molecule has 106 valence electrons. The molecule has 0 fully saturated rings. The minimum Gasteiger partial charge on any atom is -0.384 e. The SMILES string of the molecule is CCCNC(=O)CCNc1c(CC)cccc1CC. The molecule has 1 aromatic carbocycles. The summed E-state index contributed by atoms with van der Waals surface area (Å²) in [6, 6.07) is 6.41. The van der Waals surface area contributed by atoms with Crippen molar-refractivity contribution in [2.45, 2.75) is 46.5 Å². The first-order valence-electron chi connectivity index (χ1n) is 7.34. The lowest BCUT2D eigenvalue weighted by Crippen LogP contribution is -2.26. The monoisotopic (exact) mass is 262 g/mol. The number of anilines is 1. The molecular weight excluding hydrogens is 236 g/mol. The van der Waals surface area contributed by atoms with Crippen molar-refractivity contribution in [1.82, 2.24) is 5.32 Å². The third kappa shape index (κ3) is 4.93. The molecule has 3 heteroatoms. The number of para-hydroxylation sites is 1. The Morgan fingerprint density at radius 1 is 1.05 bits per heavy atom.